The monoisotopic (exact) mass is 1160 g/mol. The molecule has 0 atom stereocenters. The first kappa shape index (κ1) is 51.9. The van der Waals surface area contributed by atoms with Crippen molar-refractivity contribution in [1.82, 2.24) is 4.57 Å². The molecule has 0 saturated heterocycles. The van der Waals surface area contributed by atoms with Crippen LogP contribution in [0.25, 0.3) is 71.7 Å². The summed E-state index contributed by atoms with van der Waals surface area (Å²) in [6.07, 6.45) is 0. The molecule has 0 N–H and O–H groups in total. The lowest BCUT2D eigenvalue weighted by molar-refractivity contribution is 0.589. The van der Waals surface area contributed by atoms with Crippen molar-refractivity contribution in [3.05, 3.63) is 260 Å². The second-order valence-electron chi connectivity index (χ2n) is 26.3. The van der Waals surface area contributed by atoms with Gasteiger partial charge >= 0.3 is 0 Å². The maximum Gasteiger partial charge on any atom is 0.249 e. The van der Waals surface area contributed by atoms with Crippen molar-refractivity contribution in [1.29, 1.82) is 0 Å². The zero-order valence-corrected chi connectivity index (χ0v) is 51.5. The molecule has 4 aliphatic heterocycles. The number of anilines is 6. The third-order valence-electron chi connectivity index (χ3n) is 19.2. The molecule has 0 spiro atoms. The van der Waals surface area contributed by atoms with Gasteiger partial charge in [-0.1, -0.05) is 252 Å². The van der Waals surface area contributed by atoms with Gasteiger partial charge in [0.2, 0.25) is 13.4 Å². The summed E-state index contributed by atoms with van der Waals surface area (Å²) in [7, 11) is 0. The van der Waals surface area contributed by atoms with E-state index in [2.05, 4.69) is 305 Å². The largest absolute Gasteiger partial charge is 0.454 e. The Morgan fingerprint density at radius 1 is 0.352 bits per heavy atom. The molecule has 18 rings (SSSR count). The van der Waals surface area contributed by atoms with E-state index in [0.29, 0.717) is 0 Å². The van der Waals surface area contributed by atoms with E-state index >= 15 is 0 Å². The molecule has 4 aliphatic rings. The number of nitrogens with zero attached hydrogens (tertiary/aromatic N) is 3. The topological polar surface area (TPSA) is 24.6 Å². The third kappa shape index (κ3) is 7.64. The number of hydrogen-bond acceptors (Lipinski definition) is 5. The number of rotatable bonds is 5. The highest BCUT2D eigenvalue weighted by Crippen LogP contribution is 2.53. The molecular weight excluding hydrogens is 1100 g/mol. The van der Waals surface area contributed by atoms with Gasteiger partial charge in [-0.3, -0.25) is 0 Å². The van der Waals surface area contributed by atoms with Crippen molar-refractivity contribution < 1.29 is 4.42 Å². The Balaban J connectivity index is 0.935. The molecule has 0 bridgehead atoms. The van der Waals surface area contributed by atoms with Crippen LogP contribution in [-0.4, -0.2) is 18.0 Å². The van der Waals surface area contributed by atoms with Crippen LogP contribution in [0.2, 0.25) is 0 Å². The van der Waals surface area contributed by atoms with Crippen molar-refractivity contribution in [2.75, 3.05) is 9.80 Å². The maximum absolute atomic E-state index is 6.93. The minimum absolute atomic E-state index is 0.0629. The lowest BCUT2D eigenvalue weighted by Crippen LogP contribution is -2.64. The molecule has 8 heteroatoms. The summed E-state index contributed by atoms with van der Waals surface area (Å²) >= 11 is 3.90. The van der Waals surface area contributed by atoms with Gasteiger partial charge in [-0.05, 0) is 128 Å². The molecule has 0 radical (unpaired) electrons. The molecule has 14 aromatic rings. The van der Waals surface area contributed by atoms with Gasteiger partial charge in [-0.2, -0.15) is 0 Å². The smallest absolute Gasteiger partial charge is 0.249 e. The molecular formula is C80H59B2N3OS2. The highest BCUT2D eigenvalue weighted by molar-refractivity contribution is 8.00. The average molecular weight is 1160 g/mol. The van der Waals surface area contributed by atoms with E-state index in [1.807, 2.05) is 23.5 Å². The summed E-state index contributed by atoms with van der Waals surface area (Å²) in [6, 6.07) is 94.0. The fraction of sp³-hybridized carbons (Fsp3) is 0.100. The third-order valence-corrected chi connectivity index (χ3v) is 21.4. The van der Waals surface area contributed by atoms with Crippen LogP contribution in [0.1, 0.15) is 52.7 Å². The van der Waals surface area contributed by atoms with Crippen LogP contribution < -0.4 is 42.6 Å². The Labute approximate surface area is 522 Å². The van der Waals surface area contributed by atoms with Gasteiger partial charge in [0, 0.05) is 80.7 Å². The van der Waals surface area contributed by atoms with Gasteiger partial charge in [0.25, 0.3) is 0 Å². The van der Waals surface area contributed by atoms with E-state index in [4.69, 9.17) is 4.42 Å². The van der Waals surface area contributed by atoms with Crippen LogP contribution in [0.15, 0.2) is 273 Å². The summed E-state index contributed by atoms with van der Waals surface area (Å²) in [4.78, 5) is 10.4. The summed E-state index contributed by atoms with van der Waals surface area (Å²) in [6.45, 7) is 14.0. The van der Waals surface area contributed by atoms with Crippen LogP contribution >= 0.6 is 23.5 Å². The number of fused-ring (bicyclic) bond motifs is 14. The van der Waals surface area contributed by atoms with Crippen molar-refractivity contribution in [3.63, 3.8) is 0 Å². The Hall–Kier alpha value is -9.33. The molecule has 0 amide bonds. The Bertz CT molecular complexity index is 5170. The zero-order valence-electron chi connectivity index (χ0n) is 49.9. The first-order valence-electron chi connectivity index (χ1n) is 30.8. The second-order valence-corrected chi connectivity index (χ2v) is 28.5. The van der Waals surface area contributed by atoms with E-state index in [-0.39, 0.29) is 24.3 Å². The van der Waals surface area contributed by atoms with Crippen molar-refractivity contribution in [2.24, 2.45) is 0 Å². The summed E-state index contributed by atoms with van der Waals surface area (Å²) in [5.41, 5.74) is 27.5. The fourth-order valence-electron chi connectivity index (χ4n) is 15.0. The van der Waals surface area contributed by atoms with Gasteiger partial charge in [-0.15, -0.1) is 0 Å². The SMILES string of the molecule is CC(C)(C)c1cc2c3c(c1)N(c1c(-c4ccccc4)cccc1-c1ccccc1)c1cc4c(cc1B3c1ccc(-n3c5ccccc5c5ccccc53)cc1S2)B1c2ccccc2N(c2cccc3c2oc2ccccc23)c2cc(C(C)(C)C)cc(c21)S4. The van der Waals surface area contributed by atoms with Gasteiger partial charge < -0.3 is 18.8 Å². The van der Waals surface area contributed by atoms with Gasteiger partial charge in [0.1, 0.15) is 5.58 Å². The van der Waals surface area contributed by atoms with Gasteiger partial charge in [0.05, 0.1) is 22.4 Å². The number of para-hydroxylation sites is 6. The zero-order chi connectivity index (χ0) is 58.9. The molecule has 2 aromatic heterocycles. The van der Waals surface area contributed by atoms with E-state index in [1.54, 1.807) is 0 Å². The lowest BCUT2D eigenvalue weighted by Gasteiger charge is -2.44. The Morgan fingerprint density at radius 2 is 0.875 bits per heavy atom. The predicted molar refractivity (Wildman–Crippen MR) is 376 cm³/mol. The van der Waals surface area contributed by atoms with E-state index in [1.165, 1.54) is 142 Å². The molecule has 0 aliphatic carbocycles. The molecule has 6 heterocycles. The van der Waals surface area contributed by atoms with Crippen LogP contribution in [0, 0.1) is 0 Å². The Morgan fingerprint density at radius 3 is 1.52 bits per heavy atom. The first-order valence-corrected chi connectivity index (χ1v) is 32.4. The van der Waals surface area contributed by atoms with Crippen molar-refractivity contribution in [3.8, 4) is 27.9 Å². The standard InChI is InChI=1S/C80H59B2N3OS2/c1-79(2,3)50-41-68-75-73(43-50)88-72-47-67-61(46-62(72)81(75)59-33-16-19-36-65(59)84(68)66-37-22-32-58-57-29-15-20-38-70(57)86-78(58)66)82-60-40-39-52(83-63-34-17-13-27-55(63)56-28-14-18-35-64(56)83)45-71(60)87-74-44-51(80(4,5)6)42-69(76(74)82)85(67)77-53(48-23-9-7-10-24-48)30-21-31-54(77)49-25-11-8-12-26-49/h7-47H,1-6H3. The summed E-state index contributed by atoms with van der Waals surface area (Å²) in [5, 5.41) is 4.78. The lowest BCUT2D eigenvalue weighted by atomic mass is 9.31. The molecule has 418 valence electrons. The normalized spacial score (nSPS) is 13.8. The number of aromatic nitrogens is 1. The number of benzene rings is 12. The van der Waals surface area contributed by atoms with E-state index < -0.39 is 0 Å². The average Bonchev–Trinajstić information content (AvgIpc) is 0.819. The molecule has 0 saturated carbocycles. The minimum atomic E-state index is -0.157. The summed E-state index contributed by atoms with van der Waals surface area (Å²) in [5.74, 6) is 0. The number of furan rings is 1. The number of hydrogen-bond donors (Lipinski definition) is 0. The minimum Gasteiger partial charge on any atom is -0.454 e. The maximum atomic E-state index is 6.93. The molecule has 4 nitrogen and oxygen atoms in total. The quantitative estimate of drug-likeness (QED) is 0.160. The van der Waals surface area contributed by atoms with Crippen molar-refractivity contribution in [2.45, 2.75) is 72.0 Å². The first-order chi connectivity index (χ1) is 42.9. The van der Waals surface area contributed by atoms with Crippen LogP contribution in [0.3, 0.4) is 0 Å². The second kappa shape index (κ2) is 19.1. The summed E-state index contributed by atoms with van der Waals surface area (Å²) < 4.78 is 9.41. The Kier molecular flexibility index (Phi) is 11.2. The molecule has 88 heavy (non-hydrogen) atoms. The molecule has 0 fully saturated rings. The fourth-order valence-corrected chi connectivity index (χ4v) is 17.5. The van der Waals surface area contributed by atoms with Crippen LogP contribution in [0.4, 0.5) is 34.1 Å². The van der Waals surface area contributed by atoms with E-state index in [9.17, 15) is 0 Å². The van der Waals surface area contributed by atoms with Crippen molar-refractivity contribution >= 4 is 148 Å². The molecule has 12 aromatic carbocycles. The van der Waals surface area contributed by atoms with Crippen LogP contribution in [0.5, 0.6) is 0 Å². The highest BCUT2D eigenvalue weighted by Gasteiger charge is 2.47. The van der Waals surface area contributed by atoms with E-state index in [0.717, 1.165) is 27.6 Å². The van der Waals surface area contributed by atoms with Gasteiger partial charge in [-0.25, -0.2) is 0 Å². The molecule has 0 unspecified atom stereocenters. The van der Waals surface area contributed by atoms with Crippen LogP contribution in [-0.2, 0) is 10.8 Å². The predicted octanol–water partition coefficient (Wildman–Crippen LogP) is 18.1. The highest BCUT2D eigenvalue weighted by atomic mass is 32.2. The van der Waals surface area contributed by atoms with Gasteiger partial charge in [0.15, 0.2) is 5.58 Å².